The van der Waals surface area contributed by atoms with Gasteiger partial charge in [-0.2, -0.15) is 0 Å². The Labute approximate surface area is 78.4 Å². The van der Waals surface area contributed by atoms with Gasteiger partial charge in [-0.25, -0.2) is 0 Å². The topological polar surface area (TPSA) is 42.4 Å². The summed E-state index contributed by atoms with van der Waals surface area (Å²) in [5.74, 6) is 0. The van der Waals surface area contributed by atoms with Gasteiger partial charge in [0.2, 0.25) is 0 Å². The van der Waals surface area contributed by atoms with Crippen LogP contribution in [0.2, 0.25) is 0 Å². The Kier molecular flexibility index (Phi) is 3.01. The molecule has 0 aliphatic heterocycles. The minimum absolute atomic E-state index is 0.345. The number of aliphatic hydroxyl groups excluding tert-OH is 1. The van der Waals surface area contributed by atoms with Gasteiger partial charge in [-0.3, -0.25) is 4.98 Å². The normalized spacial score (nSPS) is 14.2. The van der Waals surface area contributed by atoms with Crippen LogP contribution in [-0.2, 0) is 4.74 Å². The lowest BCUT2D eigenvalue weighted by Gasteiger charge is -2.23. The second-order valence-corrected chi connectivity index (χ2v) is 3.86. The zero-order chi connectivity index (χ0) is 9.90. The van der Waals surface area contributed by atoms with Crippen LogP contribution in [0.25, 0.3) is 0 Å². The SMILES string of the molecule is CC(C)(C)OC(O)c1ccncc1. The lowest BCUT2D eigenvalue weighted by molar-refractivity contribution is -0.169. The summed E-state index contributed by atoms with van der Waals surface area (Å²) in [5.41, 5.74) is 0.382. The first-order chi connectivity index (χ1) is 5.99. The molecule has 0 bridgehead atoms. The maximum atomic E-state index is 9.61. The molecule has 1 rings (SSSR count). The van der Waals surface area contributed by atoms with Gasteiger partial charge < -0.3 is 9.84 Å². The largest absolute Gasteiger partial charge is 0.364 e. The third-order valence-electron chi connectivity index (χ3n) is 1.46. The molecule has 0 aliphatic carbocycles. The molecule has 0 fully saturated rings. The summed E-state index contributed by atoms with van der Waals surface area (Å²) in [6.45, 7) is 5.70. The van der Waals surface area contributed by atoms with Gasteiger partial charge in [0.15, 0.2) is 6.29 Å². The zero-order valence-corrected chi connectivity index (χ0v) is 8.19. The Balaban J connectivity index is 2.64. The molecule has 0 aliphatic rings. The standard InChI is InChI=1S/C10H15NO2/c1-10(2,3)13-9(12)8-4-6-11-7-5-8/h4-7,9,12H,1-3H3. The molecule has 1 atom stereocenters. The molecule has 1 heterocycles. The van der Waals surface area contributed by atoms with E-state index in [9.17, 15) is 5.11 Å². The van der Waals surface area contributed by atoms with E-state index in [1.165, 1.54) is 0 Å². The molecule has 72 valence electrons. The van der Waals surface area contributed by atoms with E-state index in [1.54, 1.807) is 24.5 Å². The minimum Gasteiger partial charge on any atom is -0.364 e. The molecule has 0 radical (unpaired) electrons. The average molecular weight is 181 g/mol. The molecule has 3 heteroatoms. The number of hydrogen-bond donors (Lipinski definition) is 1. The van der Waals surface area contributed by atoms with Crippen molar-refractivity contribution in [3.05, 3.63) is 30.1 Å². The molecule has 3 nitrogen and oxygen atoms in total. The molecule has 1 aromatic heterocycles. The Morgan fingerprint density at radius 3 is 2.31 bits per heavy atom. The Morgan fingerprint density at radius 1 is 1.31 bits per heavy atom. The lowest BCUT2D eigenvalue weighted by atomic mass is 10.2. The molecule has 0 amide bonds. The van der Waals surface area contributed by atoms with Crippen molar-refractivity contribution in [3.63, 3.8) is 0 Å². The van der Waals surface area contributed by atoms with Crippen LogP contribution in [0.1, 0.15) is 32.6 Å². The number of rotatable bonds is 2. The maximum Gasteiger partial charge on any atom is 0.181 e. The fourth-order valence-corrected chi connectivity index (χ4v) is 0.931. The summed E-state index contributed by atoms with van der Waals surface area (Å²) in [7, 11) is 0. The van der Waals surface area contributed by atoms with Crippen molar-refractivity contribution in [1.82, 2.24) is 4.98 Å². The van der Waals surface area contributed by atoms with Crippen LogP contribution in [0, 0.1) is 0 Å². The highest BCUT2D eigenvalue weighted by atomic mass is 16.6. The van der Waals surface area contributed by atoms with Crippen molar-refractivity contribution >= 4 is 0 Å². The third-order valence-corrected chi connectivity index (χ3v) is 1.46. The van der Waals surface area contributed by atoms with Gasteiger partial charge in [-0.15, -0.1) is 0 Å². The van der Waals surface area contributed by atoms with Crippen molar-refractivity contribution in [2.45, 2.75) is 32.7 Å². The fraction of sp³-hybridized carbons (Fsp3) is 0.500. The monoisotopic (exact) mass is 181 g/mol. The van der Waals surface area contributed by atoms with Crippen molar-refractivity contribution in [2.24, 2.45) is 0 Å². The number of nitrogens with zero attached hydrogens (tertiary/aromatic N) is 1. The van der Waals surface area contributed by atoms with Crippen molar-refractivity contribution < 1.29 is 9.84 Å². The zero-order valence-electron chi connectivity index (χ0n) is 8.19. The fourth-order valence-electron chi connectivity index (χ4n) is 0.931. The summed E-state index contributed by atoms with van der Waals surface area (Å²) < 4.78 is 5.35. The first-order valence-corrected chi connectivity index (χ1v) is 4.25. The lowest BCUT2D eigenvalue weighted by Crippen LogP contribution is -2.22. The predicted octanol–water partition coefficient (Wildman–Crippen LogP) is 1.89. The van der Waals surface area contributed by atoms with Gasteiger partial charge in [-0.1, -0.05) is 0 Å². The summed E-state index contributed by atoms with van der Waals surface area (Å²) in [4.78, 5) is 3.86. The van der Waals surface area contributed by atoms with E-state index >= 15 is 0 Å². The highest BCUT2D eigenvalue weighted by Crippen LogP contribution is 2.20. The van der Waals surface area contributed by atoms with Crippen LogP contribution >= 0.6 is 0 Å². The van der Waals surface area contributed by atoms with E-state index in [0.29, 0.717) is 0 Å². The molecular formula is C10H15NO2. The van der Waals surface area contributed by atoms with Gasteiger partial charge in [0, 0.05) is 18.0 Å². The van der Waals surface area contributed by atoms with Crippen LogP contribution in [0.5, 0.6) is 0 Å². The molecular weight excluding hydrogens is 166 g/mol. The van der Waals surface area contributed by atoms with Gasteiger partial charge in [0.25, 0.3) is 0 Å². The van der Waals surface area contributed by atoms with Crippen LogP contribution < -0.4 is 0 Å². The Hall–Kier alpha value is -0.930. The summed E-state index contributed by atoms with van der Waals surface area (Å²) in [6.07, 6.45) is 2.39. The average Bonchev–Trinajstić information content (AvgIpc) is 2.03. The predicted molar refractivity (Wildman–Crippen MR) is 50.0 cm³/mol. The van der Waals surface area contributed by atoms with Crippen LogP contribution in [0.4, 0.5) is 0 Å². The number of hydrogen-bond acceptors (Lipinski definition) is 3. The second kappa shape index (κ2) is 3.85. The van der Waals surface area contributed by atoms with Crippen LogP contribution in [-0.4, -0.2) is 15.7 Å². The molecule has 0 saturated carbocycles. The van der Waals surface area contributed by atoms with Crippen LogP contribution in [0.15, 0.2) is 24.5 Å². The number of aliphatic hydroxyl groups is 1. The van der Waals surface area contributed by atoms with E-state index in [1.807, 2.05) is 20.8 Å². The summed E-state index contributed by atoms with van der Waals surface area (Å²) >= 11 is 0. The van der Waals surface area contributed by atoms with Crippen molar-refractivity contribution in [1.29, 1.82) is 0 Å². The third kappa shape index (κ3) is 3.53. The molecule has 0 aromatic carbocycles. The van der Waals surface area contributed by atoms with E-state index in [0.717, 1.165) is 5.56 Å². The van der Waals surface area contributed by atoms with Gasteiger partial charge in [0.1, 0.15) is 0 Å². The van der Waals surface area contributed by atoms with E-state index < -0.39 is 6.29 Å². The summed E-state index contributed by atoms with van der Waals surface area (Å²) in [5, 5.41) is 9.61. The Bertz CT molecular complexity index is 253. The van der Waals surface area contributed by atoms with E-state index in [2.05, 4.69) is 4.98 Å². The maximum absolute atomic E-state index is 9.61. The summed E-state index contributed by atoms with van der Waals surface area (Å²) in [6, 6.07) is 3.47. The smallest absolute Gasteiger partial charge is 0.181 e. The van der Waals surface area contributed by atoms with Crippen molar-refractivity contribution in [3.8, 4) is 0 Å². The van der Waals surface area contributed by atoms with Crippen LogP contribution in [0.3, 0.4) is 0 Å². The highest BCUT2D eigenvalue weighted by molar-refractivity contribution is 5.10. The minimum atomic E-state index is -0.872. The van der Waals surface area contributed by atoms with Gasteiger partial charge >= 0.3 is 0 Å². The Morgan fingerprint density at radius 2 is 1.85 bits per heavy atom. The second-order valence-electron chi connectivity index (χ2n) is 3.86. The number of aromatic nitrogens is 1. The first-order valence-electron chi connectivity index (χ1n) is 4.25. The van der Waals surface area contributed by atoms with E-state index in [4.69, 9.17) is 4.74 Å². The van der Waals surface area contributed by atoms with Crippen molar-refractivity contribution in [2.75, 3.05) is 0 Å². The first kappa shape index (κ1) is 10.2. The molecule has 13 heavy (non-hydrogen) atoms. The quantitative estimate of drug-likeness (QED) is 0.708. The highest BCUT2D eigenvalue weighted by Gasteiger charge is 2.17. The molecule has 1 N–H and O–H groups in total. The number of pyridine rings is 1. The molecule has 1 aromatic rings. The van der Waals surface area contributed by atoms with E-state index in [-0.39, 0.29) is 5.60 Å². The number of ether oxygens (including phenoxy) is 1. The van der Waals surface area contributed by atoms with Gasteiger partial charge in [-0.05, 0) is 32.9 Å². The molecule has 1 unspecified atom stereocenters. The molecule has 0 saturated heterocycles. The van der Waals surface area contributed by atoms with Gasteiger partial charge in [0.05, 0.1) is 5.60 Å². The molecule has 0 spiro atoms.